The van der Waals surface area contributed by atoms with Crippen LogP contribution in [0.2, 0.25) is 10.0 Å². The van der Waals surface area contributed by atoms with E-state index in [4.69, 9.17) is 33.0 Å². The average molecular weight is 588 g/mol. The Hall–Kier alpha value is -2.82. The first-order valence-corrected chi connectivity index (χ1v) is 14.5. The minimum Gasteiger partial charge on any atom is -0.383 e. The first kappa shape index (κ1) is 26.8. The van der Waals surface area contributed by atoms with Crippen LogP contribution in [0.4, 0.5) is 5.82 Å². The molecule has 1 atom stereocenters. The van der Waals surface area contributed by atoms with Gasteiger partial charge in [0.2, 0.25) is 11.8 Å². The zero-order valence-corrected chi connectivity index (χ0v) is 23.5. The highest BCUT2D eigenvalue weighted by Gasteiger charge is 2.38. The summed E-state index contributed by atoms with van der Waals surface area (Å²) in [5.41, 5.74) is 3.11. The second-order valence-electron chi connectivity index (χ2n) is 8.50. The molecule has 0 aliphatic carbocycles. The molecule has 0 saturated carbocycles. The van der Waals surface area contributed by atoms with E-state index in [0.717, 1.165) is 21.7 Å². The molecule has 0 spiro atoms. The number of nitrogens with one attached hydrogen (secondary N) is 1. The molecule has 1 unspecified atom stereocenters. The number of nitrogens with zero attached hydrogens (tertiary/aromatic N) is 3. The summed E-state index contributed by atoms with van der Waals surface area (Å²) in [4.78, 5) is 29.1. The predicted octanol–water partition coefficient (Wildman–Crippen LogP) is 5.84. The summed E-state index contributed by atoms with van der Waals surface area (Å²) >= 11 is 16.1. The third-order valence-corrected chi connectivity index (χ3v) is 8.69. The SMILES string of the molecule is COCCNC(=O)CN1C(=O)CSC(c2cccc(Cl)c2)c2c(-c3cccs3)nn(-c3ccccc3Cl)c21. The average Bonchev–Trinajstić information content (AvgIpc) is 3.54. The van der Waals surface area contributed by atoms with E-state index in [0.29, 0.717) is 34.7 Å². The molecule has 1 aliphatic heterocycles. The zero-order valence-electron chi connectivity index (χ0n) is 20.4. The number of rotatable bonds is 8. The number of thioether (sulfide) groups is 1. The van der Waals surface area contributed by atoms with Crippen LogP contribution in [0.5, 0.6) is 0 Å². The van der Waals surface area contributed by atoms with Crippen molar-refractivity contribution in [2.45, 2.75) is 5.25 Å². The van der Waals surface area contributed by atoms with Crippen molar-refractivity contribution in [1.82, 2.24) is 15.1 Å². The topological polar surface area (TPSA) is 76.5 Å². The second-order valence-corrected chi connectivity index (χ2v) is 11.4. The van der Waals surface area contributed by atoms with Crippen molar-refractivity contribution in [3.63, 3.8) is 0 Å². The van der Waals surface area contributed by atoms with Crippen LogP contribution in [-0.2, 0) is 14.3 Å². The first-order chi connectivity index (χ1) is 18.5. The molecule has 4 aromatic rings. The second kappa shape index (κ2) is 11.9. The first-order valence-electron chi connectivity index (χ1n) is 11.8. The molecule has 0 radical (unpaired) electrons. The van der Waals surface area contributed by atoms with Crippen molar-refractivity contribution < 1.29 is 14.3 Å². The highest BCUT2D eigenvalue weighted by atomic mass is 35.5. The van der Waals surface area contributed by atoms with Crippen molar-refractivity contribution in [2.75, 3.05) is 37.5 Å². The molecule has 0 saturated heterocycles. The number of hydrogen-bond donors (Lipinski definition) is 1. The van der Waals surface area contributed by atoms with Gasteiger partial charge in [-0.2, -0.15) is 5.10 Å². The standard InChI is InChI=1S/C27H24Cl2N4O3S2/c1-36-12-11-30-22(34)15-32-23(35)16-38-26(17-6-4-7-18(28)14-17)24-25(21-10-5-13-37-21)31-33(27(24)32)20-9-3-2-8-19(20)29/h2-10,13-14,26H,11-12,15-16H2,1H3,(H,30,34). The number of amides is 2. The van der Waals surface area contributed by atoms with Crippen molar-refractivity contribution >= 4 is 63.9 Å². The summed E-state index contributed by atoms with van der Waals surface area (Å²) in [7, 11) is 1.57. The molecule has 0 fully saturated rings. The molecule has 5 rings (SSSR count). The van der Waals surface area contributed by atoms with Gasteiger partial charge in [0.05, 0.1) is 33.2 Å². The molecule has 2 aromatic carbocycles. The molecular weight excluding hydrogens is 563 g/mol. The molecule has 38 heavy (non-hydrogen) atoms. The van der Waals surface area contributed by atoms with E-state index in [2.05, 4.69) is 5.32 Å². The molecule has 2 aromatic heterocycles. The van der Waals surface area contributed by atoms with Gasteiger partial charge >= 0.3 is 0 Å². The zero-order chi connectivity index (χ0) is 26.6. The quantitative estimate of drug-likeness (QED) is 0.262. The molecule has 196 valence electrons. The Labute approximate surface area is 238 Å². The third kappa shape index (κ3) is 5.48. The normalized spacial score (nSPS) is 15.3. The summed E-state index contributed by atoms with van der Waals surface area (Å²) in [6, 6.07) is 18.9. The van der Waals surface area contributed by atoms with Crippen LogP contribution in [0.15, 0.2) is 66.0 Å². The lowest BCUT2D eigenvalue weighted by molar-refractivity contribution is -0.123. The smallest absolute Gasteiger partial charge is 0.240 e. The molecule has 0 bridgehead atoms. The third-order valence-electron chi connectivity index (χ3n) is 6.01. The number of carbonyl (C=O) groups excluding carboxylic acids is 2. The van der Waals surface area contributed by atoms with Crippen LogP contribution < -0.4 is 10.2 Å². The van der Waals surface area contributed by atoms with Gasteiger partial charge in [-0.25, -0.2) is 4.68 Å². The number of benzene rings is 2. The monoisotopic (exact) mass is 586 g/mol. The van der Waals surface area contributed by atoms with Crippen molar-refractivity contribution in [2.24, 2.45) is 0 Å². The molecule has 1 N–H and O–H groups in total. The lowest BCUT2D eigenvalue weighted by atomic mass is 10.0. The number of thiophene rings is 1. The fraction of sp³-hybridized carbons (Fsp3) is 0.222. The largest absolute Gasteiger partial charge is 0.383 e. The number of para-hydroxylation sites is 1. The van der Waals surface area contributed by atoms with Gasteiger partial charge in [-0.05, 0) is 41.3 Å². The Bertz CT molecular complexity index is 1460. The Kier molecular flexibility index (Phi) is 8.40. The van der Waals surface area contributed by atoms with Crippen LogP contribution in [0.25, 0.3) is 16.3 Å². The maximum absolute atomic E-state index is 13.7. The predicted molar refractivity (Wildman–Crippen MR) is 155 cm³/mol. The number of methoxy groups -OCH3 is 1. The maximum atomic E-state index is 13.7. The molecule has 3 heterocycles. The number of ether oxygens (including phenoxy) is 1. The van der Waals surface area contributed by atoms with Gasteiger partial charge in [0.1, 0.15) is 18.1 Å². The van der Waals surface area contributed by atoms with E-state index in [1.807, 2.05) is 60.0 Å². The van der Waals surface area contributed by atoms with E-state index in [-0.39, 0.29) is 29.4 Å². The Balaban J connectivity index is 1.75. The number of hydrogen-bond acceptors (Lipinski definition) is 6. The van der Waals surface area contributed by atoms with Gasteiger partial charge < -0.3 is 10.1 Å². The van der Waals surface area contributed by atoms with Crippen LogP contribution >= 0.6 is 46.3 Å². The number of halogens is 2. The van der Waals surface area contributed by atoms with Crippen LogP contribution in [0.1, 0.15) is 16.4 Å². The van der Waals surface area contributed by atoms with Crippen molar-refractivity contribution in [3.8, 4) is 16.3 Å². The summed E-state index contributed by atoms with van der Waals surface area (Å²) in [6.45, 7) is 0.546. The van der Waals surface area contributed by atoms with Gasteiger partial charge in [0, 0.05) is 24.2 Å². The minimum absolute atomic E-state index is 0.168. The van der Waals surface area contributed by atoms with E-state index >= 15 is 0 Å². The molecule has 11 heteroatoms. The van der Waals surface area contributed by atoms with Gasteiger partial charge in [-0.15, -0.1) is 23.1 Å². The molecule has 1 aliphatic rings. The Morgan fingerprint density at radius 1 is 1.16 bits per heavy atom. The minimum atomic E-state index is -0.294. The molecule has 7 nitrogen and oxygen atoms in total. The fourth-order valence-electron chi connectivity index (χ4n) is 4.33. The molecule has 2 amide bonds. The Morgan fingerprint density at radius 2 is 2.00 bits per heavy atom. The lowest BCUT2D eigenvalue weighted by Crippen LogP contribution is -2.43. The van der Waals surface area contributed by atoms with E-state index in [1.54, 1.807) is 29.2 Å². The number of anilines is 1. The van der Waals surface area contributed by atoms with Crippen molar-refractivity contribution in [1.29, 1.82) is 0 Å². The van der Waals surface area contributed by atoms with E-state index in [9.17, 15) is 9.59 Å². The summed E-state index contributed by atoms with van der Waals surface area (Å²) in [5, 5.41) is 10.6. The van der Waals surface area contributed by atoms with Gasteiger partial charge in [0.15, 0.2) is 0 Å². The van der Waals surface area contributed by atoms with Crippen LogP contribution in [0.3, 0.4) is 0 Å². The van der Waals surface area contributed by atoms with Crippen molar-refractivity contribution in [3.05, 3.63) is 87.2 Å². The summed E-state index contributed by atoms with van der Waals surface area (Å²) in [6.07, 6.45) is 0. The number of aromatic nitrogens is 2. The van der Waals surface area contributed by atoms with E-state index in [1.165, 1.54) is 16.7 Å². The van der Waals surface area contributed by atoms with Gasteiger partial charge in [-0.1, -0.05) is 53.5 Å². The van der Waals surface area contributed by atoms with Crippen LogP contribution in [-0.4, -0.2) is 54.2 Å². The lowest BCUT2D eigenvalue weighted by Gasteiger charge is -2.23. The Morgan fingerprint density at radius 3 is 2.74 bits per heavy atom. The van der Waals surface area contributed by atoms with Gasteiger partial charge in [0.25, 0.3) is 0 Å². The van der Waals surface area contributed by atoms with Gasteiger partial charge in [-0.3, -0.25) is 14.5 Å². The number of carbonyl (C=O) groups is 2. The highest BCUT2D eigenvalue weighted by molar-refractivity contribution is 8.00. The van der Waals surface area contributed by atoms with Crippen LogP contribution in [0, 0.1) is 0 Å². The molecular formula is C27H24Cl2N4O3S2. The summed E-state index contributed by atoms with van der Waals surface area (Å²) < 4.78 is 6.74. The fourth-order valence-corrected chi connectivity index (χ4v) is 6.66. The highest BCUT2D eigenvalue weighted by Crippen LogP contribution is 2.49. The summed E-state index contributed by atoms with van der Waals surface area (Å²) in [5.74, 6) is 0.193. The number of fused-ring (bicyclic) bond motifs is 1. The van der Waals surface area contributed by atoms with E-state index < -0.39 is 0 Å². The maximum Gasteiger partial charge on any atom is 0.240 e.